The van der Waals surface area contributed by atoms with Gasteiger partial charge < -0.3 is 0 Å². The van der Waals surface area contributed by atoms with Gasteiger partial charge in [0.25, 0.3) is 5.91 Å². The van der Waals surface area contributed by atoms with Crippen LogP contribution in [0.5, 0.6) is 0 Å². The number of hydrazine groups is 1. The molecule has 5 nitrogen and oxygen atoms in total. The smallest absolute Gasteiger partial charge is 0.253 e. The van der Waals surface area contributed by atoms with Crippen LogP contribution in [0, 0.1) is 5.92 Å². The van der Waals surface area contributed by atoms with Gasteiger partial charge in [-0.05, 0) is 35.6 Å². The largest absolute Gasteiger partial charge is 0.274 e. The van der Waals surface area contributed by atoms with Crippen LogP contribution in [0.15, 0.2) is 66.7 Å². The first-order valence-corrected chi connectivity index (χ1v) is 10.7. The summed E-state index contributed by atoms with van der Waals surface area (Å²) in [5.41, 5.74) is 1.71. The van der Waals surface area contributed by atoms with Crippen molar-refractivity contribution in [2.45, 2.75) is 18.5 Å². The van der Waals surface area contributed by atoms with Crippen molar-refractivity contribution < 1.29 is 9.59 Å². The van der Waals surface area contributed by atoms with Crippen molar-refractivity contribution in [3.8, 4) is 0 Å². The van der Waals surface area contributed by atoms with Gasteiger partial charge in [-0.3, -0.25) is 9.59 Å². The number of rotatable bonds is 2. The molecular formula is C24H20ClN3O2. The van der Waals surface area contributed by atoms with Crippen molar-refractivity contribution in [2.24, 2.45) is 5.92 Å². The average molecular weight is 418 g/mol. The molecule has 6 heteroatoms. The maximum absolute atomic E-state index is 13.7. The van der Waals surface area contributed by atoms with Gasteiger partial charge in [0.2, 0.25) is 5.91 Å². The van der Waals surface area contributed by atoms with Crippen molar-refractivity contribution in [3.63, 3.8) is 0 Å². The normalized spacial score (nSPS) is 26.6. The number of hydrogen-bond donors (Lipinski definition) is 0. The van der Waals surface area contributed by atoms with Crippen LogP contribution in [0.2, 0.25) is 5.02 Å². The number of nitrogens with zero attached hydrogens (tertiary/aromatic N) is 3. The fourth-order valence-corrected chi connectivity index (χ4v) is 5.54. The molecule has 3 aromatic carbocycles. The molecule has 3 atom stereocenters. The monoisotopic (exact) mass is 417 g/mol. The highest BCUT2D eigenvalue weighted by molar-refractivity contribution is 6.30. The molecule has 0 aliphatic carbocycles. The molecule has 150 valence electrons. The Balaban J connectivity index is 1.48. The quantitative estimate of drug-likeness (QED) is 0.590. The molecule has 3 aliphatic heterocycles. The van der Waals surface area contributed by atoms with Crippen LogP contribution in [0.3, 0.4) is 0 Å². The number of anilines is 1. The second kappa shape index (κ2) is 6.64. The third kappa shape index (κ3) is 2.43. The fraction of sp³-hybridized carbons (Fsp3) is 0.250. The van der Waals surface area contributed by atoms with Crippen molar-refractivity contribution >= 4 is 39.9 Å². The summed E-state index contributed by atoms with van der Waals surface area (Å²) in [6, 6.07) is 20.7. The van der Waals surface area contributed by atoms with Gasteiger partial charge in [-0.2, -0.15) is 0 Å². The minimum Gasteiger partial charge on any atom is -0.274 e. The average Bonchev–Trinajstić information content (AvgIpc) is 3.41. The Morgan fingerprint density at radius 3 is 2.27 bits per heavy atom. The Bertz CT molecular complexity index is 1170. The minimum atomic E-state index is -0.445. The van der Waals surface area contributed by atoms with E-state index in [9.17, 15) is 9.59 Å². The predicted molar refractivity (Wildman–Crippen MR) is 116 cm³/mol. The number of halogens is 1. The third-order valence-corrected chi connectivity index (χ3v) is 6.88. The molecule has 3 fully saturated rings. The van der Waals surface area contributed by atoms with Gasteiger partial charge in [0.05, 0.1) is 17.6 Å². The van der Waals surface area contributed by atoms with Gasteiger partial charge in [0.1, 0.15) is 6.04 Å². The molecule has 0 spiro atoms. The lowest BCUT2D eigenvalue weighted by Crippen LogP contribution is -2.44. The van der Waals surface area contributed by atoms with E-state index in [1.165, 1.54) is 4.90 Å². The van der Waals surface area contributed by atoms with E-state index in [0.29, 0.717) is 10.7 Å². The Labute approximate surface area is 179 Å². The molecule has 30 heavy (non-hydrogen) atoms. The number of fused-ring (bicyclic) bond motifs is 4. The van der Waals surface area contributed by atoms with Crippen LogP contribution >= 0.6 is 11.6 Å². The molecule has 0 unspecified atom stereocenters. The van der Waals surface area contributed by atoms with E-state index < -0.39 is 12.0 Å². The van der Waals surface area contributed by atoms with E-state index in [2.05, 4.69) is 10.0 Å². The summed E-state index contributed by atoms with van der Waals surface area (Å²) in [5, 5.41) is 6.94. The van der Waals surface area contributed by atoms with E-state index in [1.807, 2.05) is 66.7 Å². The van der Waals surface area contributed by atoms with Crippen LogP contribution in [0.25, 0.3) is 10.8 Å². The lowest BCUT2D eigenvalue weighted by Gasteiger charge is -2.30. The lowest BCUT2D eigenvalue weighted by atomic mass is 9.90. The molecule has 0 bridgehead atoms. The van der Waals surface area contributed by atoms with Gasteiger partial charge in [0.15, 0.2) is 0 Å². The Hall–Kier alpha value is -2.73. The van der Waals surface area contributed by atoms with Crippen LogP contribution in [-0.2, 0) is 9.59 Å². The highest BCUT2D eigenvalue weighted by atomic mass is 35.5. The molecule has 3 aliphatic rings. The van der Waals surface area contributed by atoms with Crippen LogP contribution in [0.4, 0.5) is 5.69 Å². The molecule has 3 heterocycles. The summed E-state index contributed by atoms with van der Waals surface area (Å²) < 4.78 is 0. The van der Waals surface area contributed by atoms with Gasteiger partial charge in [-0.15, -0.1) is 0 Å². The second-order valence-corrected chi connectivity index (χ2v) is 8.59. The summed E-state index contributed by atoms with van der Waals surface area (Å²) in [7, 11) is 0. The summed E-state index contributed by atoms with van der Waals surface area (Å²) in [6.45, 7) is 1.66. The first kappa shape index (κ1) is 18.1. The zero-order valence-corrected chi connectivity index (χ0v) is 17.0. The number of carbonyl (C=O) groups excluding carboxylic acids is 2. The standard InChI is InChI=1S/C24H20ClN3O2/c25-17-11-9-16(10-12-17)21-20-22(27-14-4-13-26(21)27)24(30)28(23(20)29)19-8-3-6-15-5-1-2-7-18(15)19/h1-3,5-12,20-22H,4,13-14H2/t20-,21+,22+/m1/s1. The Morgan fingerprint density at radius 2 is 1.47 bits per heavy atom. The number of benzene rings is 3. The fourth-order valence-electron chi connectivity index (χ4n) is 5.41. The SMILES string of the molecule is O=C1[C@H]2[C@@H](C(=O)N1c1cccc3ccccc13)N1CCCN1[C@H]2c1ccc(Cl)cc1. The van der Waals surface area contributed by atoms with Crippen molar-refractivity contribution in [1.82, 2.24) is 10.0 Å². The molecule has 2 amide bonds. The van der Waals surface area contributed by atoms with E-state index in [4.69, 9.17) is 11.6 Å². The van der Waals surface area contributed by atoms with E-state index in [-0.39, 0.29) is 17.9 Å². The van der Waals surface area contributed by atoms with E-state index >= 15 is 0 Å². The molecule has 0 radical (unpaired) electrons. The zero-order chi connectivity index (χ0) is 20.4. The molecule has 0 saturated carbocycles. The maximum atomic E-state index is 13.7. The summed E-state index contributed by atoms with van der Waals surface area (Å²) in [4.78, 5) is 28.8. The summed E-state index contributed by atoms with van der Waals surface area (Å²) in [5.74, 6) is -0.654. The van der Waals surface area contributed by atoms with Gasteiger partial charge in [0, 0.05) is 23.5 Å². The highest BCUT2D eigenvalue weighted by Crippen LogP contribution is 2.49. The molecule has 3 saturated heterocycles. The number of carbonyl (C=O) groups is 2. The molecule has 6 rings (SSSR count). The number of hydrogen-bond acceptors (Lipinski definition) is 4. The predicted octanol–water partition coefficient (Wildman–Crippen LogP) is 4.03. The second-order valence-electron chi connectivity index (χ2n) is 8.16. The van der Waals surface area contributed by atoms with Gasteiger partial charge >= 0.3 is 0 Å². The van der Waals surface area contributed by atoms with Crippen molar-refractivity contribution in [2.75, 3.05) is 18.0 Å². The van der Waals surface area contributed by atoms with Crippen molar-refractivity contribution in [3.05, 3.63) is 77.3 Å². The maximum Gasteiger partial charge on any atom is 0.253 e. The zero-order valence-electron chi connectivity index (χ0n) is 16.2. The Morgan fingerprint density at radius 1 is 0.767 bits per heavy atom. The molecule has 0 N–H and O–H groups in total. The van der Waals surface area contributed by atoms with E-state index in [0.717, 1.165) is 35.8 Å². The first-order chi connectivity index (χ1) is 14.6. The molecular weight excluding hydrogens is 398 g/mol. The van der Waals surface area contributed by atoms with E-state index in [1.54, 1.807) is 0 Å². The third-order valence-electron chi connectivity index (χ3n) is 6.62. The number of imide groups is 1. The van der Waals surface area contributed by atoms with Crippen LogP contribution in [-0.4, -0.2) is 41.0 Å². The highest BCUT2D eigenvalue weighted by Gasteiger charge is 2.62. The number of amides is 2. The topological polar surface area (TPSA) is 43.9 Å². The Kier molecular flexibility index (Phi) is 4.00. The van der Waals surface area contributed by atoms with Gasteiger partial charge in [-0.1, -0.05) is 60.1 Å². The summed E-state index contributed by atoms with van der Waals surface area (Å²) >= 11 is 6.10. The lowest BCUT2D eigenvalue weighted by molar-refractivity contribution is -0.126. The molecule has 3 aromatic rings. The van der Waals surface area contributed by atoms with Crippen LogP contribution < -0.4 is 4.90 Å². The van der Waals surface area contributed by atoms with Crippen molar-refractivity contribution in [1.29, 1.82) is 0 Å². The van der Waals surface area contributed by atoms with Gasteiger partial charge in [-0.25, -0.2) is 14.9 Å². The minimum absolute atomic E-state index is 0.115. The molecule has 0 aromatic heterocycles. The summed E-state index contributed by atoms with van der Waals surface area (Å²) in [6.07, 6.45) is 0.989. The first-order valence-electron chi connectivity index (χ1n) is 10.3. The van der Waals surface area contributed by atoms with Crippen LogP contribution in [0.1, 0.15) is 18.0 Å².